The van der Waals surface area contributed by atoms with E-state index in [1.807, 2.05) is 0 Å². The van der Waals surface area contributed by atoms with Crippen LogP contribution >= 0.6 is 11.8 Å². The molecule has 3 rings (SSSR count). The summed E-state index contributed by atoms with van der Waals surface area (Å²) in [6, 6.07) is 4.71. The Labute approximate surface area is 140 Å². The molecule has 11 heteroatoms. The van der Waals surface area contributed by atoms with Crippen LogP contribution in [0.3, 0.4) is 0 Å². The molecule has 0 bridgehead atoms. The molecule has 0 aromatic heterocycles. The number of methoxy groups -OCH3 is 1. The number of benzene rings is 1. The van der Waals surface area contributed by atoms with Gasteiger partial charge in [-0.1, -0.05) is 0 Å². The number of amidine groups is 1. The topological polar surface area (TPSA) is 79.2 Å². The molecule has 0 aliphatic carbocycles. The van der Waals surface area contributed by atoms with E-state index in [2.05, 4.69) is 4.99 Å². The Morgan fingerprint density at radius 1 is 1.46 bits per heavy atom. The lowest BCUT2D eigenvalue weighted by Crippen LogP contribution is -2.57. The number of hydrogen-bond acceptors (Lipinski definition) is 7. The Hall–Kier alpha value is -1.46. The number of halogens is 3. The molecule has 24 heavy (non-hydrogen) atoms. The molecule has 1 aromatic carbocycles. The Balaban J connectivity index is 2.17. The van der Waals surface area contributed by atoms with Crippen molar-refractivity contribution >= 4 is 32.5 Å². The van der Waals surface area contributed by atoms with Gasteiger partial charge in [0.2, 0.25) is 0 Å². The highest BCUT2D eigenvalue weighted by Crippen LogP contribution is 2.50. The summed E-state index contributed by atoms with van der Waals surface area (Å²) in [6.07, 6.45) is -5.34. The maximum Gasteiger partial charge on any atom is 0.438 e. The number of thioether (sulfide) groups is 1. The molecule has 2 unspecified atom stereocenters. The molecule has 2 heterocycles. The maximum atomic E-state index is 13.2. The summed E-state index contributed by atoms with van der Waals surface area (Å²) in [4.78, 5) is 5.14. The number of aliphatic imine (C=N–C) groups is 1. The second kappa shape index (κ2) is 5.27. The summed E-state index contributed by atoms with van der Waals surface area (Å²) in [6.45, 7) is 0. The molecular formula is C13H13F3N2O4S2. The summed E-state index contributed by atoms with van der Waals surface area (Å²) >= 11 is 0.859. The fourth-order valence-corrected chi connectivity index (χ4v) is 4.93. The largest absolute Gasteiger partial charge is 0.497 e. The van der Waals surface area contributed by atoms with Crippen LogP contribution in [-0.2, 0) is 9.84 Å². The number of anilines is 1. The number of ether oxygens (including phenoxy) is 1. The molecule has 0 radical (unpaired) electrons. The second-order valence-electron chi connectivity index (χ2n) is 5.50. The normalized spacial score (nSPS) is 26.7. The Kier molecular flexibility index (Phi) is 3.81. The quantitative estimate of drug-likeness (QED) is 0.843. The predicted molar refractivity (Wildman–Crippen MR) is 83.0 cm³/mol. The summed E-state index contributed by atoms with van der Waals surface area (Å²) in [7, 11) is -2.49. The van der Waals surface area contributed by atoms with E-state index in [0.29, 0.717) is 16.3 Å². The van der Waals surface area contributed by atoms with Crippen molar-refractivity contribution in [1.82, 2.24) is 0 Å². The van der Waals surface area contributed by atoms with Crippen LogP contribution in [0.5, 0.6) is 5.75 Å². The smallest absolute Gasteiger partial charge is 0.438 e. The van der Waals surface area contributed by atoms with Crippen molar-refractivity contribution in [2.75, 3.05) is 18.3 Å². The standard InChI is InChI=1S/C13H13F3N2O4S2/c1-22-7-3-4-8-9(5-7)23-11-17-12(19,13(14,15)16)6-10(18(8)11)24(2,20)21/h3-5,10,19H,6H2,1-2H3. The van der Waals surface area contributed by atoms with Crippen LogP contribution in [0.15, 0.2) is 28.1 Å². The van der Waals surface area contributed by atoms with Crippen LogP contribution in [0.2, 0.25) is 0 Å². The van der Waals surface area contributed by atoms with Crippen molar-refractivity contribution in [3.63, 3.8) is 0 Å². The van der Waals surface area contributed by atoms with Gasteiger partial charge in [-0.05, 0) is 30.0 Å². The minimum absolute atomic E-state index is 0.209. The molecular weight excluding hydrogens is 369 g/mol. The highest BCUT2D eigenvalue weighted by atomic mass is 32.2. The Morgan fingerprint density at radius 2 is 2.12 bits per heavy atom. The van der Waals surface area contributed by atoms with Gasteiger partial charge >= 0.3 is 6.18 Å². The fraction of sp³-hybridized carbons (Fsp3) is 0.462. The molecule has 6 nitrogen and oxygen atoms in total. The van der Waals surface area contributed by atoms with Crippen LogP contribution in [-0.4, -0.2) is 49.3 Å². The molecule has 0 fully saturated rings. The first-order chi connectivity index (χ1) is 11.0. The summed E-state index contributed by atoms with van der Waals surface area (Å²) in [5, 5.41) is 8.15. The number of alkyl halides is 3. The van der Waals surface area contributed by atoms with Crippen LogP contribution in [0.4, 0.5) is 18.9 Å². The van der Waals surface area contributed by atoms with Gasteiger partial charge in [-0.15, -0.1) is 0 Å². The monoisotopic (exact) mass is 382 g/mol. The van der Waals surface area contributed by atoms with E-state index in [4.69, 9.17) is 4.74 Å². The minimum atomic E-state index is -5.08. The lowest BCUT2D eigenvalue weighted by molar-refractivity contribution is -0.259. The van der Waals surface area contributed by atoms with Gasteiger partial charge in [0.25, 0.3) is 5.72 Å². The van der Waals surface area contributed by atoms with Crippen LogP contribution < -0.4 is 9.64 Å². The zero-order valence-corrected chi connectivity index (χ0v) is 14.2. The predicted octanol–water partition coefficient (Wildman–Crippen LogP) is 1.99. The van der Waals surface area contributed by atoms with E-state index in [1.165, 1.54) is 12.0 Å². The molecule has 0 spiro atoms. The average Bonchev–Trinajstić information content (AvgIpc) is 2.80. The van der Waals surface area contributed by atoms with Crippen molar-refractivity contribution < 1.29 is 31.4 Å². The lowest BCUT2D eigenvalue weighted by Gasteiger charge is -2.39. The van der Waals surface area contributed by atoms with E-state index in [1.54, 1.807) is 18.2 Å². The summed E-state index contributed by atoms with van der Waals surface area (Å²) in [5.41, 5.74) is -3.02. The molecule has 2 aliphatic heterocycles. The number of nitrogens with zero attached hydrogens (tertiary/aromatic N) is 2. The molecule has 0 amide bonds. The van der Waals surface area contributed by atoms with Crippen LogP contribution in [0, 0.1) is 0 Å². The van der Waals surface area contributed by atoms with E-state index in [-0.39, 0.29) is 5.17 Å². The van der Waals surface area contributed by atoms with Gasteiger partial charge in [0.1, 0.15) is 11.1 Å². The SMILES string of the molecule is COc1ccc2c(c1)SC1=NC(O)(C(F)(F)F)CC(S(C)(=O)=O)N12. The van der Waals surface area contributed by atoms with E-state index >= 15 is 0 Å². The molecule has 132 valence electrons. The van der Waals surface area contributed by atoms with Crippen LogP contribution in [0.1, 0.15) is 6.42 Å². The van der Waals surface area contributed by atoms with Gasteiger partial charge in [0.05, 0.1) is 12.8 Å². The third-order valence-electron chi connectivity index (χ3n) is 3.81. The van der Waals surface area contributed by atoms with Gasteiger partial charge in [0.15, 0.2) is 15.0 Å². The summed E-state index contributed by atoms with van der Waals surface area (Å²) < 4.78 is 68.8. The fourth-order valence-electron chi connectivity index (χ4n) is 2.57. The maximum absolute atomic E-state index is 13.2. The Bertz CT molecular complexity index is 825. The van der Waals surface area contributed by atoms with Gasteiger partial charge < -0.3 is 14.7 Å². The summed E-state index contributed by atoms with van der Waals surface area (Å²) in [5.74, 6) is 0.476. The first-order valence-electron chi connectivity index (χ1n) is 6.69. The molecule has 2 aliphatic rings. The van der Waals surface area contributed by atoms with E-state index in [9.17, 15) is 26.7 Å². The van der Waals surface area contributed by atoms with Gasteiger partial charge in [0, 0.05) is 17.6 Å². The van der Waals surface area contributed by atoms with Crippen molar-refractivity contribution in [2.24, 2.45) is 4.99 Å². The number of hydrogen-bond donors (Lipinski definition) is 1. The highest BCUT2D eigenvalue weighted by Gasteiger charge is 2.60. The number of fused-ring (bicyclic) bond motifs is 3. The highest BCUT2D eigenvalue weighted by molar-refractivity contribution is 8.15. The van der Waals surface area contributed by atoms with E-state index < -0.39 is 33.5 Å². The van der Waals surface area contributed by atoms with Gasteiger partial charge in [-0.3, -0.25) is 0 Å². The van der Waals surface area contributed by atoms with Crippen molar-refractivity contribution in [3.8, 4) is 5.75 Å². The average molecular weight is 382 g/mol. The molecule has 1 aromatic rings. The minimum Gasteiger partial charge on any atom is -0.497 e. The molecule has 0 saturated heterocycles. The number of rotatable bonds is 2. The van der Waals surface area contributed by atoms with Gasteiger partial charge in [-0.2, -0.15) is 13.2 Å². The van der Waals surface area contributed by atoms with Gasteiger partial charge in [-0.25, -0.2) is 13.4 Å². The van der Waals surface area contributed by atoms with Crippen molar-refractivity contribution in [3.05, 3.63) is 18.2 Å². The first kappa shape index (κ1) is 17.4. The lowest BCUT2D eigenvalue weighted by atomic mass is 10.1. The number of aliphatic hydroxyl groups is 1. The van der Waals surface area contributed by atoms with Crippen molar-refractivity contribution in [2.45, 2.75) is 28.6 Å². The zero-order valence-electron chi connectivity index (χ0n) is 12.5. The zero-order chi connectivity index (χ0) is 17.9. The molecule has 2 atom stereocenters. The Morgan fingerprint density at radius 3 is 2.67 bits per heavy atom. The molecule has 1 N–H and O–H groups in total. The third-order valence-corrected chi connectivity index (χ3v) is 6.19. The van der Waals surface area contributed by atoms with Crippen LogP contribution in [0.25, 0.3) is 0 Å². The number of sulfone groups is 1. The second-order valence-corrected chi connectivity index (χ2v) is 8.72. The third kappa shape index (κ3) is 2.64. The van der Waals surface area contributed by atoms with Crippen molar-refractivity contribution in [1.29, 1.82) is 0 Å². The first-order valence-corrected chi connectivity index (χ1v) is 9.46. The molecule has 0 saturated carbocycles. The van der Waals surface area contributed by atoms with E-state index in [0.717, 1.165) is 18.0 Å².